The van der Waals surface area contributed by atoms with Crippen LogP contribution in [0.1, 0.15) is 23.2 Å². The third-order valence-electron chi connectivity index (χ3n) is 3.13. The summed E-state index contributed by atoms with van der Waals surface area (Å²) in [6.07, 6.45) is 2.33. The van der Waals surface area contributed by atoms with Gasteiger partial charge in [0.05, 0.1) is 12.7 Å². The van der Waals surface area contributed by atoms with Gasteiger partial charge in [-0.3, -0.25) is 4.79 Å². The van der Waals surface area contributed by atoms with Gasteiger partial charge in [-0.25, -0.2) is 0 Å². The summed E-state index contributed by atoms with van der Waals surface area (Å²) in [5.74, 6) is 0.869. The fraction of sp³-hybridized carbons (Fsp3) is 0.462. The van der Waals surface area contributed by atoms with Crippen molar-refractivity contribution in [1.29, 1.82) is 0 Å². The summed E-state index contributed by atoms with van der Waals surface area (Å²) in [5, 5.41) is 3.33. The number of carbonyl (C=O) groups excluding carboxylic acids is 1. The van der Waals surface area contributed by atoms with Crippen LogP contribution in [-0.2, 0) is 0 Å². The van der Waals surface area contributed by atoms with Crippen LogP contribution < -0.4 is 15.8 Å². The SMILES string of the molecule is COc1ccc(Cl)cc1C(=O)NCC(N)C1CC1.Cl. The lowest BCUT2D eigenvalue weighted by atomic mass is 10.1. The van der Waals surface area contributed by atoms with Gasteiger partial charge < -0.3 is 15.8 Å². The van der Waals surface area contributed by atoms with Crippen LogP contribution in [0.15, 0.2) is 18.2 Å². The first-order valence-corrected chi connectivity index (χ1v) is 6.37. The molecule has 1 atom stereocenters. The summed E-state index contributed by atoms with van der Waals surface area (Å²) >= 11 is 5.88. The van der Waals surface area contributed by atoms with Gasteiger partial charge in [-0.05, 0) is 37.0 Å². The second kappa shape index (κ2) is 6.98. The normalized spacial score (nSPS) is 15.3. The summed E-state index contributed by atoms with van der Waals surface area (Å²) in [7, 11) is 1.52. The van der Waals surface area contributed by atoms with Crippen LogP contribution in [0.2, 0.25) is 5.02 Å². The van der Waals surface area contributed by atoms with Gasteiger partial charge in [-0.2, -0.15) is 0 Å². The van der Waals surface area contributed by atoms with E-state index < -0.39 is 0 Å². The average Bonchev–Trinajstić information content (AvgIpc) is 3.19. The average molecular weight is 305 g/mol. The highest BCUT2D eigenvalue weighted by Gasteiger charge is 2.28. The maximum absolute atomic E-state index is 12.0. The molecule has 1 aliphatic carbocycles. The number of rotatable bonds is 5. The van der Waals surface area contributed by atoms with Gasteiger partial charge in [0.25, 0.3) is 5.91 Å². The van der Waals surface area contributed by atoms with Crippen LogP contribution in [0.25, 0.3) is 0 Å². The molecule has 1 unspecified atom stereocenters. The maximum Gasteiger partial charge on any atom is 0.255 e. The zero-order valence-corrected chi connectivity index (χ0v) is 12.3. The number of nitrogens with one attached hydrogen (secondary N) is 1. The number of halogens is 2. The van der Waals surface area contributed by atoms with Crippen LogP contribution in [-0.4, -0.2) is 25.6 Å². The predicted molar refractivity (Wildman–Crippen MR) is 78.3 cm³/mol. The molecule has 6 heteroatoms. The Labute approximate surface area is 124 Å². The van der Waals surface area contributed by atoms with E-state index in [1.807, 2.05) is 0 Å². The predicted octanol–water partition coefficient (Wildman–Crippen LogP) is 2.24. The van der Waals surface area contributed by atoms with Crippen molar-refractivity contribution in [2.45, 2.75) is 18.9 Å². The lowest BCUT2D eigenvalue weighted by Gasteiger charge is -2.13. The molecule has 1 saturated carbocycles. The van der Waals surface area contributed by atoms with E-state index in [4.69, 9.17) is 22.1 Å². The molecule has 1 amide bonds. The molecular formula is C13H18Cl2N2O2. The van der Waals surface area contributed by atoms with E-state index in [9.17, 15) is 4.79 Å². The maximum atomic E-state index is 12.0. The number of nitrogens with two attached hydrogens (primary N) is 1. The van der Waals surface area contributed by atoms with Crippen molar-refractivity contribution in [3.05, 3.63) is 28.8 Å². The Morgan fingerprint density at radius 2 is 2.26 bits per heavy atom. The Morgan fingerprint density at radius 3 is 2.84 bits per heavy atom. The van der Waals surface area contributed by atoms with Crippen LogP contribution in [0.4, 0.5) is 0 Å². The van der Waals surface area contributed by atoms with E-state index in [1.165, 1.54) is 7.11 Å². The third-order valence-corrected chi connectivity index (χ3v) is 3.37. The molecule has 2 rings (SSSR count). The molecule has 106 valence electrons. The van der Waals surface area contributed by atoms with Gasteiger partial charge in [0.15, 0.2) is 0 Å². The van der Waals surface area contributed by atoms with Gasteiger partial charge >= 0.3 is 0 Å². The summed E-state index contributed by atoms with van der Waals surface area (Å²) in [4.78, 5) is 12.0. The van der Waals surface area contributed by atoms with Gasteiger partial charge in [0.2, 0.25) is 0 Å². The molecule has 3 N–H and O–H groups in total. The van der Waals surface area contributed by atoms with Crippen molar-refractivity contribution in [2.75, 3.05) is 13.7 Å². The van der Waals surface area contributed by atoms with E-state index in [0.29, 0.717) is 28.8 Å². The summed E-state index contributed by atoms with van der Waals surface area (Å²) < 4.78 is 5.14. The topological polar surface area (TPSA) is 64.3 Å². The molecule has 1 fully saturated rings. The quantitative estimate of drug-likeness (QED) is 0.877. The highest BCUT2D eigenvalue weighted by atomic mass is 35.5. The van der Waals surface area contributed by atoms with Gasteiger partial charge in [0, 0.05) is 17.6 Å². The minimum Gasteiger partial charge on any atom is -0.496 e. The van der Waals surface area contributed by atoms with Crippen LogP contribution >= 0.6 is 24.0 Å². The third kappa shape index (κ3) is 4.27. The van der Waals surface area contributed by atoms with Crippen molar-refractivity contribution in [2.24, 2.45) is 11.7 Å². The standard InChI is InChI=1S/C13H17ClN2O2.ClH/c1-18-12-5-4-9(14)6-10(12)13(17)16-7-11(15)8-2-3-8;/h4-6,8,11H,2-3,7,15H2,1H3,(H,16,17);1H. The monoisotopic (exact) mass is 304 g/mol. The second-order valence-corrected chi connectivity index (χ2v) is 4.99. The number of carbonyl (C=O) groups is 1. The molecule has 1 aromatic carbocycles. The second-order valence-electron chi connectivity index (χ2n) is 4.56. The zero-order valence-electron chi connectivity index (χ0n) is 10.7. The minimum atomic E-state index is -0.203. The highest BCUT2D eigenvalue weighted by Crippen LogP contribution is 2.31. The molecule has 0 bridgehead atoms. The summed E-state index contributed by atoms with van der Waals surface area (Å²) in [5.41, 5.74) is 6.37. The molecule has 0 aromatic heterocycles. The molecule has 0 radical (unpaired) electrons. The van der Waals surface area contributed by atoms with Crippen molar-refractivity contribution >= 4 is 29.9 Å². The van der Waals surface area contributed by atoms with Gasteiger partial charge in [0.1, 0.15) is 5.75 Å². The van der Waals surface area contributed by atoms with Crippen molar-refractivity contribution < 1.29 is 9.53 Å². The Morgan fingerprint density at radius 1 is 1.58 bits per heavy atom. The Kier molecular flexibility index (Phi) is 5.91. The molecule has 19 heavy (non-hydrogen) atoms. The first-order chi connectivity index (χ1) is 8.61. The molecule has 1 aromatic rings. The minimum absolute atomic E-state index is 0. The number of hydrogen-bond donors (Lipinski definition) is 2. The van der Waals surface area contributed by atoms with Crippen LogP contribution in [0, 0.1) is 5.92 Å². The molecule has 0 heterocycles. The lowest BCUT2D eigenvalue weighted by Crippen LogP contribution is -2.38. The van der Waals surface area contributed by atoms with Crippen molar-refractivity contribution in [3.8, 4) is 5.75 Å². The summed E-state index contributed by atoms with van der Waals surface area (Å²) in [6, 6.07) is 5.00. The van der Waals surface area contributed by atoms with E-state index in [2.05, 4.69) is 5.32 Å². The van der Waals surface area contributed by atoms with Crippen molar-refractivity contribution in [3.63, 3.8) is 0 Å². The number of ether oxygens (including phenoxy) is 1. The van der Waals surface area contributed by atoms with Crippen molar-refractivity contribution in [1.82, 2.24) is 5.32 Å². The largest absolute Gasteiger partial charge is 0.496 e. The fourth-order valence-corrected chi connectivity index (χ4v) is 2.03. The highest BCUT2D eigenvalue weighted by molar-refractivity contribution is 6.31. The summed E-state index contributed by atoms with van der Waals surface area (Å²) in [6.45, 7) is 0.485. The molecule has 0 saturated heterocycles. The number of methoxy groups -OCH3 is 1. The lowest BCUT2D eigenvalue weighted by molar-refractivity contribution is 0.0947. The van der Waals surface area contributed by atoms with E-state index in [1.54, 1.807) is 18.2 Å². The van der Waals surface area contributed by atoms with Gasteiger partial charge in [-0.15, -0.1) is 12.4 Å². The first-order valence-electron chi connectivity index (χ1n) is 5.99. The molecular weight excluding hydrogens is 287 g/mol. The number of benzene rings is 1. The molecule has 1 aliphatic rings. The molecule has 0 spiro atoms. The van der Waals surface area contributed by atoms with E-state index in [-0.39, 0.29) is 24.4 Å². The Balaban J connectivity index is 0.00000180. The first kappa shape index (κ1) is 16.1. The fourth-order valence-electron chi connectivity index (χ4n) is 1.85. The van der Waals surface area contributed by atoms with Crippen LogP contribution in [0.5, 0.6) is 5.75 Å². The van der Waals surface area contributed by atoms with Gasteiger partial charge in [-0.1, -0.05) is 11.6 Å². The molecule has 0 aliphatic heterocycles. The smallest absolute Gasteiger partial charge is 0.255 e. The Bertz CT molecular complexity index is 450. The van der Waals surface area contributed by atoms with E-state index >= 15 is 0 Å². The Hall–Kier alpha value is -0.970. The zero-order chi connectivity index (χ0) is 13.1. The number of amides is 1. The van der Waals surface area contributed by atoms with E-state index in [0.717, 1.165) is 12.8 Å². The number of hydrogen-bond acceptors (Lipinski definition) is 3. The van der Waals surface area contributed by atoms with Crippen LogP contribution in [0.3, 0.4) is 0 Å². The molecule has 4 nitrogen and oxygen atoms in total.